The molecule has 0 aromatic rings. The number of nitrogens with one attached hydrogen (secondary N) is 1. The van der Waals surface area contributed by atoms with Gasteiger partial charge in [-0.15, -0.1) is 0 Å². The molecule has 2 aliphatic carbocycles. The van der Waals surface area contributed by atoms with Gasteiger partial charge in [0.25, 0.3) is 0 Å². The van der Waals surface area contributed by atoms with Crippen LogP contribution in [0.2, 0.25) is 0 Å². The zero-order valence-electron chi connectivity index (χ0n) is 24.1. The average molecular weight is 565 g/mol. The number of nitrogens with zero attached hydrogens (tertiary/aromatic N) is 1. The summed E-state index contributed by atoms with van der Waals surface area (Å²) in [7, 11) is 3.21. The molecule has 1 aliphatic heterocycles. The number of methoxy groups -OCH3 is 2. The maximum absolute atomic E-state index is 13.6. The second-order valence-electron chi connectivity index (χ2n) is 11.4. The van der Waals surface area contributed by atoms with Crippen LogP contribution in [0.25, 0.3) is 0 Å². The van der Waals surface area contributed by atoms with Crippen molar-refractivity contribution in [2.45, 2.75) is 96.6 Å². The summed E-state index contributed by atoms with van der Waals surface area (Å²) in [6.45, 7) is 8.18. The molecule has 1 saturated carbocycles. The van der Waals surface area contributed by atoms with Crippen LogP contribution in [0.15, 0.2) is 34.9 Å². The van der Waals surface area contributed by atoms with Gasteiger partial charge < -0.3 is 24.8 Å². The lowest BCUT2D eigenvalue weighted by Crippen LogP contribution is -2.53. The molecule has 0 spiro atoms. The van der Waals surface area contributed by atoms with Crippen LogP contribution in [0, 0.1) is 23.7 Å². The molecular weight excluding hydrogens is 520 g/mol. The van der Waals surface area contributed by atoms with Crippen LogP contribution in [0.5, 0.6) is 0 Å². The lowest BCUT2D eigenvalue weighted by Gasteiger charge is -2.37. The molecule has 3 aliphatic rings. The number of hydrogen-bond acceptors (Lipinski definition) is 5. The van der Waals surface area contributed by atoms with E-state index in [0.29, 0.717) is 28.9 Å². The quantitative estimate of drug-likeness (QED) is 0.317. The zero-order chi connectivity index (χ0) is 28.9. The van der Waals surface area contributed by atoms with Crippen LogP contribution in [-0.4, -0.2) is 72.3 Å². The Bertz CT molecular complexity index is 994. The summed E-state index contributed by atoms with van der Waals surface area (Å²) in [5, 5.41) is 13.0. The van der Waals surface area contributed by atoms with E-state index < -0.39 is 29.9 Å². The van der Waals surface area contributed by atoms with E-state index >= 15 is 0 Å². The number of rotatable bonds is 14. The molecule has 0 bridgehead atoms. The second kappa shape index (κ2) is 14.0. The fraction of sp³-hybridized carbons (Fsp3) is 0.700. The Balaban J connectivity index is 1.70. The number of carbonyl (C=O) groups is 3. The molecule has 2 fully saturated rings. The molecule has 0 radical (unpaired) electrons. The van der Waals surface area contributed by atoms with E-state index in [4.69, 9.17) is 21.1 Å². The molecule has 2 N–H and O–H groups in total. The Labute approximate surface area is 237 Å². The third-order valence-electron chi connectivity index (χ3n) is 9.01. The molecule has 3 rings (SSSR count). The topological polar surface area (TPSA) is 105 Å². The number of carboxylic acid groups (broad SMARTS) is 1. The van der Waals surface area contributed by atoms with Gasteiger partial charge in [-0.2, -0.15) is 0 Å². The smallest absolute Gasteiger partial charge is 0.326 e. The van der Waals surface area contributed by atoms with Gasteiger partial charge in [0.15, 0.2) is 0 Å². The van der Waals surface area contributed by atoms with Crippen molar-refractivity contribution in [2.24, 2.45) is 23.7 Å². The monoisotopic (exact) mass is 564 g/mol. The van der Waals surface area contributed by atoms with Crippen molar-refractivity contribution < 1.29 is 29.0 Å². The van der Waals surface area contributed by atoms with Gasteiger partial charge in [0, 0.05) is 31.7 Å². The lowest BCUT2D eigenvalue weighted by molar-refractivity contribution is -0.146. The van der Waals surface area contributed by atoms with E-state index in [1.165, 1.54) is 0 Å². The van der Waals surface area contributed by atoms with Gasteiger partial charge in [-0.1, -0.05) is 70.0 Å². The number of fused-ring (bicyclic) bond motifs is 1. The molecule has 2 unspecified atom stereocenters. The highest BCUT2D eigenvalue weighted by Gasteiger charge is 2.57. The maximum atomic E-state index is 13.6. The summed E-state index contributed by atoms with van der Waals surface area (Å²) >= 11 is 6.33. The van der Waals surface area contributed by atoms with E-state index in [1.807, 2.05) is 23.1 Å². The number of carboxylic acids is 1. The van der Waals surface area contributed by atoms with Gasteiger partial charge in [0.1, 0.15) is 6.04 Å². The molecule has 218 valence electrons. The highest BCUT2D eigenvalue weighted by atomic mass is 35.5. The average Bonchev–Trinajstić information content (AvgIpc) is 3.62. The van der Waals surface area contributed by atoms with Crippen molar-refractivity contribution in [3.63, 3.8) is 0 Å². The number of carbonyl (C=O) groups excluding carboxylic acids is 2. The largest absolute Gasteiger partial charge is 0.480 e. The third kappa shape index (κ3) is 7.53. The minimum absolute atomic E-state index is 0.0276. The van der Waals surface area contributed by atoms with Gasteiger partial charge in [-0.25, -0.2) is 4.79 Å². The van der Waals surface area contributed by atoms with Gasteiger partial charge in [-0.3, -0.25) is 9.59 Å². The first kappa shape index (κ1) is 31.4. The van der Waals surface area contributed by atoms with Crippen molar-refractivity contribution in [1.29, 1.82) is 0 Å². The first-order valence-corrected chi connectivity index (χ1v) is 14.5. The molecule has 0 aromatic heterocycles. The molecule has 39 heavy (non-hydrogen) atoms. The predicted octanol–water partition coefficient (Wildman–Crippen LogP) is 4.68. The van der Waals surface area contributed by atoms with E-state index in [-0.39, 0.29) is 42.9 Å². The first-order chi connectivity index (χ1) is 18.5. The Morgan fingerprint density at radius 1 is 1.18 bits per heavy atom. The highest BCUT2D eigenvalue weighted by molar-refractivity contribution is 6.32. The first-order valence-electron chi connectivity index (χ1n) is 14.2. The van der Waals surface area contributed by atoms with Crippen LogP contribution in [-0.2, 0) is 23.9 Å². The standard InChI is InChI=1S/C30H45ClN2O6/c1-7-17(2)18(3)26(38-5)16-27(34)33-24-14-21(24)15-25(33)28(39-6)19(4)29(35)32-23(30(36)37)13-20-11-9-8-10-12-22(20)31/h8-9,11-12,17-19,21,23-26,28H,7,10,13-16H2,1-6H3,(H,32,35)(H,36,37)/t17-,18-,19+,21-,23-,24?,25-,26+,28?/m0/s1. The number of amides is 2. The van der Waals surface area contributed by atoms with Crippen molar-refractivity contribution >= 4 is 29.4 Å². The van der Waals surface area contributed by atoms with E-state index in [1.54, 1.807) is 27.2 Å². The number of likely N-dealkylation sites (tertiary alicyclic amines) is 1. The van der Waals surface area contributed by atoms with Crippen LogP contribution in [0.4, 0.5) is 0 Å². The fourth-order valence-corrected chi connectivity index (χ4v) is 6.26. The van der Waals surface area contributed by atoms with E-state index in [9.17, 15) is 19.5 Å². The summed E-state index contributed by atoms with van der Waals surface area (Å²) in [5.74, 6) is -1.12. The van der Waals surface area contributed by atoms with Gasteiger partial charge in [0.05, 0.1) is 30.6 Å². The highest BCUT2D eigenvalue weighted by Crippen LogP contribution is 2.50. The Morgan fingerprint density at radius 3 is 2.51 bits per heavy atom. The summed E-state index contributed by atoms with van der Waals surface area (Å²) in [4.78, 5) is 40.9. The fourth-order valence-electron chi connectivity index (χ4n) is 6.03. The summed E-state index contributed by atoms with van der Waals surface area (Å²) in [6.07, 6.45) is 10.4. The number of allylic oxidation sites excluding steroid dienone is 5. The number of aliphatic carboxylic acids is 1. The molecule has 2 amide bonds. The normalized spacial score (nSPS) is 26.7. The zero-order valence-corrected chi connectivity index (χ0v) is 24.8. The Morgan fingerprint density at radius 2 is 1.90 bits per heavy atom. The third-order valence-corrected chi connectivity index (χ3v) is 9.41. The molecule has 1 saturated heterocycles. The van der Waals surface area contributed by atoms with Crippen molar-refractivity contribution in [2.75, 3.05) is 14.2 Å². The summed E-state index contributed by atoms with van der Waals surface area (Å²) < 4.78 is 11.6. The second-order valence-corrected chi connectivity index (χ2v) is 11.8. The van der Waals surface area contributed by atoms with Crippen LogP contribution in [0.1, 0.15) is 66.2 Å². The van der Waals surface area contributed by atoms with Gasteiger partial charge in [-0.05, 0) is 42.6 Å². The van der Waals surface area contributed by atoms with Crippen molar-refractivity contribution in [1.82, 2.24) is 10.2 Å². The van der Waals surface area contributed by atoms with Crippen LogP contribution in [0.3, 0.4) is 0 Å². The molecular formula is C30H45ClN2O6. The molecule has 9 atom stereocenters. The SMILES string of the molecule is CC[C@H](C)[C@H](C)[C@@H](CC(=O)N1C2C[C@H]2C[C@H]1C(OC)[C@@H](C)C(=O)N[C@@H](CC1=CC=CCC=C1Cl)C(=O)O)OC. The number of ether oxygens (including phenoxy) is 2. The minimum atomic E-state index is -1.14. The molecule has 1 heterocycles. The van der Waals surface area contributed by atoms with Crippen LogP contribution < -0.4 is 5.32 Å². The molecule has 9 heteroatoms. The molecule has 0 aromatic carbocycles. The predicted molar refractivity (Wildman–Crippen MR) is 151 cm³/mol. The summed E-state index contributed by atoms with van der Waals surface area (Å²) in [5.41, 5.74) is 0.654. The lowest BCUT2D eigenvalue weighted by atomic mass is 9.86. The Kier molecular flexibility index (Phi) is 11.2. The van der Waals surface area contributed by atoms with Crippen molar-refractivity contribution in [3.05, 3.63) is 34.9 Å². The van der Waals surface area contributed by atoms with Crippen molar-refractivity contribution in [3.8, 4) is 0 Å². The number of hydrogen-bond donors (Lipinski definition) is 2. The minimum Gasteiger partial charge on any atom is -0.480 e. The Hall–Kier alpha value is -2.16. The number of piperidine rings is 1. The maximum Gasteiger partial charge on any atom is 0.326 e. The van der Waals surface area contributed by atoms with E-state index in [0.717, 1.165) is 19.3 Å². The van der Waals surface area contributed by atoms with E-state index in [2.05, 4.69) is 26.1 Å². The van der Waals surface area contributed by atoms with Crippen LogP contribution >= 0.6 is 11.6 Å². The molecule has 8 nitrogen and oxygen atoms in total. The van der Waals surface area contributed by atoms with Gasteiger partial charge >= 0.3 is 5.97 Å². The number of halogens is 1. The van der Waals surface area contributed by atoms with Gasteiger partial charge in [0.2, 0.25) is 11.8 Å². The summed E-state index contributed by atoms with van der Waals surface area (Å²) in [6, 6.07) is -1.22.